The Morgan fingerprint density at radius 3 is 2.00 bits per heavy atom. The van der Waals surface area contributed by atoms with Gasteiger partial charge in [-0.1, -0.05) is 13.8 Å². The first kappa shape index (κ1) is 9.25. The first-order valence-electron chi connectivity index (χ1n) is 3.34. The fraction of sp³-hybridized carbons (Fsp3) is 1.00. The molecule has 0 aromatic rings. The predicted molar refractivity (Wildman–Crippen MR) is 42.8 cm³/mol. The summed E-state index contributed by atoms with van der Waals surface area (Å²) in [5, 5.41) is 0. The van der Waals surface area contributed by atoms with Crippen LogP contribution in [-0.4, -0.2) is 6.54 Å². The van der Waals surface area contributed by atoms with Crippen LogP contribution < -0.4 is 5.73 Å². The van der Waals surface area contributed by atoms with Gasteiger partial charge >= 0.3 is 0 Å². The van der Waals surface area contributed by atoms with E-state index in [9.17, 15) is 0 Å². The van der Waals surface area contributed by atoms with Gasteiger partial charge in [0.15, 0.2) is 0 Å². The van der Waals surface area contributed by atoms with E-state index in [-0.39, 0.29) is 12.4 Å². The van der Waals surface area contributed by atoms with E-state index in [0.29, 0.717) is 5.41 Å². The lowest BCUT2D eigenvalue weighted by atomic mass is 9.65. The van der Waals surface area contributed by atoms with Crippen LogP contribution in [0.25, 0.3) is 0 Å². The van der Waals surface area contributed by atoms with Crippen molar-refractivity contribution >= 4 is 12.4 Å². The largest absolute Gasteiger partial charge is 0.330 e. The Bertz CT molecular complexity index is 82.9. The highest BCUT2D eigenvalue weighted by Gasteiger charge is 2.34. The molecule has 0 amide bonds. The Morgan fingerprint density at radius 1 is 1.44 bits per heavy atom. The predicted octanol–water partition coefficient (Wildman–Crippen LogP) is 1.80. The second kappa shape index (κ2) is 2.89. The number of nitrogens with two attached hydrogens (primary N) is 1. The molecule has 1 aliphatic carbocycles. The second-order valence-electron chi connectivity index (χ2n) is 3.67. The van der Waals surface area contributed by atoms with E-state index in [0.717, 1.165) is 12.5 Å². The molecule has 1 aliphatic rings. The van der Waals surface area contributed by atoms with Gasteiger partial charge in [0.1, 0.15) is 0 Å². The van der Waals surface area contributed by atoms with Crippen LogP contribution in [0.1, 0.15) is 26.7 Å². The molecule has 2 heteroatoms. The van der Waals surface area contributed by atoms with Gasteiger partial charge in [-0.25, -0.2) is 0 Å². The van der Waals surface area contributed by atoms with Crippen LogP contribution in [0.5, 0.6) is 0 Å². The third-order valence-corrected chi connectivity index (χ3v) is 2.02. The topological polar surface area (TPSA) is 26.0 Å². The summed E-state index contributed by atoms with van der Waals surface area (Å²) < 4.78 is 0. The normalized spacial score (nSPS) is 24.3. The van der Waals surface area contributed by atoms with Crippen molar-refractivity contribution in [2.75, 3.05) is 6.54 Å². The van der Waals surface area contributed by atoms with Gasteiger partial charge in [0, 0.05) is 0 Å². The van der Waals surface area contributed by atoms with Gasteiger partial charge in [-0.05, 0) is 30.7 Å². The number of hydrogen-bond donors (Lipinski definition) is 1. The Kier molecular flexibility index (Phi) is 2.97. The molecule has 2 N–H and O–H groups in total. The number of hydrogen-bond acceptors (Lipinski definition) is 1. The molecule has 0 heterocycles. The lowest BCUT2D eigenvalue weighted by Gasteiger charge is -2.42. The van der Waals surface area contributed by atoms with E-state index >= 15 is 0 Å². The highest BCUT2D eigenvalue weighted by molar-refractivity contribution is 5.85. The minimum absolute atomic E-state index is 0. The van der Waals surface area contributed by atoms with Crippen molar-refractivity contribution in [3.63, 3.8) is 0 Å². The number of halogens is 1. The van der Waals surface area contributed by atoms with Gasteiger partial charge < -0.3 is 5.73 Å². The molecule has 56 valence electrons. The van der Waals surface area contributed by atoms with Crippen LogP contribution >= 0.6 is 12.4 Å². The maximum absolute atomic E-state index is 5.45. The quantitative estimate of drug-likeness (QED) is 0.605. The van der Waals surface area contributed by atoms with Gasteiger partial charge in [-0.15, -0.1) is 12.4 Å². The van der Waals surface area contributed by atoms with E-state index in [1.165, 1.54) is 12.8 Å². The summed E-state index contributed by atoms with van der Waals surface area (Å²) in [6, 6.07) is 0. The summed E-state index contributed by atoms with van der Waals surface area (Å²) in [7, 11) is 0. The first-order valence-corrected chi connectivity index (χ1v) is 3.34. The van der Waals surface area contributed by atoms with Crippen LogP contribution in [0.15, 0.2) is 0 Å². The van der Waals surface area contributed by atoms with E-state index in [1.54, 1.807) is 0 Å². The van der Waals surface area contributed by atoms with E-state index in [4.69, 9.17) is 5.73 Å². The van der Waals surface area contributed by atoms with Crippen LogP contribution in [-0.2, 0) is 0 Å². The average Bonchev–Trinajstić information content (AvgIpc) is 1.60. The summed E-state index contributed by atoms with van der Waals surface area (Å²) in [6.07, 6.45) is 2.67. The van der Waals surface area contributed by atoms with Crippen molar-refractivity contribution < 1.29 is 0 Å². The van der Waals surface area contributed by atoms with Crippen LogP contribution in [0.3, 0.4) is 0 Å². The van der Waals surface area contributed by atoms with Gasteiger partial charge in [0.2, 0.25) is 0 Å². The molecule has 0 bridgehead atoms. The molecule has 0 aliphatic heterocycles. The minimum atomic E-state index is 0. The zero-order chi connectivity index (χ0) is 6.20. The molecule has 0 saturated heterocycles. The van der Waals surface area contributed by atoms with Crippen LogP contribution in [0.4, 0.5) is 0 Å². The number of rotatable bonds is 1. The molecule has 1 nitrogen and oxygen atoms in total. The van der Waals surface area contributed by atoms with Gasteiger partial charge in [-0.2, -0.15) is 0 Å². The van der Waals surface area contributed by atoms with Crippen LogP contribution in [0.2, 0.25) is 0 Å². The molecule has 0 aromatic carbocycles. The molecule has 1 rings (SSSR count). The molecular formula is C7H16ClN. The molecule has 0 atom stereocenters. The average molecular weight is 150 g/mol. The molecule has 0 radical (unpaired) electrons. The zero-order valence-corrected chi connectivity index (χ0v) is 7.00. The van der Waals surface area contributed by atoms with Crippen molar-refractivity contribution in [2.24, 2.45) is 17.1 Å². The van der Waals surface area contributed by atoms with Gasteiger partial charge in [0.05, 0.1) is 0 Å². The maximum Gasteiger partial charge on any atom is -0.00485 e. The summed E-state index contributed by atoms with van der Waals surface area (Å²) in [6.45, 7) is 5.50. The van der Waals surface area contributed by atoms with E-state index in [2.05, 4.69) is 13.8 Å². The fourth-order valence-electron chi connectivity index (χ4n) is 1.67. The van der Waals surface area contributed by atoms with Crippen molar-refractivity contribution in [3.05, 3.63) is 0 Å². The summed E-state index contributed by atoms with van der Waals surface area (Å²) in [5.41, 5.74) is 6.07. The van der Waals surface area contributed by atoms with Crippen molar-refractivity contribution in [3.8, 4) is 0 Å². The highest BCUT2D eigenvalue weighted by Crippen LogP contribution is 2.43. The third-order valence-electron chi connectivity index (χ3n) is 2.02. The van der Waals surface area contributed by atoms with Crippen molar-refractivity contribution in [1.82, 2.24) is 0 Å². The van der Waals surface area contributed by atoms with E-state index < -0.39 is 0 Å². The minimum Gasteiger partial charge on any atom is -0.330 e. The molecule has 1 saturated carbocycles. The summed E-state index contributed by atoms with van der Waals surface area (Å²) in [5.74, 6) is 0.838. The lowest BCUT2D eigenvalue weighted by Crippen LogP contribution is -2.36. The molecular weight excluding hydrogens is 134 g/mol. The Balaban J connectivity index is 0.000000640. The van der Waals surface area contributed by atoms with E-state index in [1.807, 2.05) is 0 Å². The zero-order valence-electron chi connectivity index (χ0n) is 6.18. The van der Waals surface area contributed by atoms with Gasteiger partial charge in [0.25, 0.3) is 0 Å². The van der Waals surface area contributed by atoms with Crippen LogP contribution in [0, 0.1) is 11.3 Å². The SMILES string of the molecule is CC1(C)CC(CN)C1.Cl. The standard InChI is InChI=1S/C7H15N.ClH/c1-7(2)3-6(4-7)5-8;/h6H,3-5,8H2,1-2H3;1H. The van der Waals surface area contributed by atoms with Gasteiger partial charge in [-0.3, -0.25) is 0 Å². The summed E-state index contributed by atoms with van der Waals surface area (Å²) in [4.78, 5) is 0. The monoisotopic (exact) mass is 149 g/mol. The fourth-order valence-corrected chi connectivity index (χ4v) is 1.67. The van der Waals surface area contributed by atoms with Crippen molar-refractivity contribution in [2.45, 2.75) is 26.7 Å². The third kappa shape index (κ3) is 2.15. The van der Waals surface area contributed by atoms with Crippen molar-refractivity contribution in [1.29, 1.82) is 0 Å². The Labute approximate surface area is 63.4 Å². The smallest absolute Gasteiger partial charge is 0.00485 e. The lowest BCUT2D eigenvalue weighted by molar-refractivity contribution is 0.103. The summed E-state index contributed by atoms with van der Waals surface area (Å²) >= 11 is 0. The Morgan fingerprint density at radius 2 is 1.89 bits per heavy atom. The molecule has 0 aromatic heterocycles. The molecule has 1 fully saturated rings. The first-order chi connectivity index (χ1) is 3.64. The maximum atomic E-state index is 5.45. The highest BCUT2D eigenvalue weighted by atomic mass is 35.5. The molecule has 9 heavy (non-hydrogen) atoms. The second-order valence-corrected chi connectivity index (χ2v) is 3.67. The molecule has 0 spiro atoms. The Hall–Kier alpha value is 0.250. The molecule has 0 unspecified atom stereocenters.